The lowest BCUT2D eigenvalue weighted by molar-refractivity contribution is -0.144. The number of carbonyl (C=O) groups is 8. The van der Waals surface area contributed by atoms with E-state index in [-0.39, 0.29) is 79.8 Å². The molecule has 0 saturated heterocycles. The van der Waals surface area contributed by atoms with E-state index in [2.05, 4.69) is 82.8 Å². The van der Waals surface area contributed by atoms with Crippen LogP contribution in [0.15, 0.2) is 203 Å². The van der Waals surface area contributed by atoms with E-state index in [1.807, 2.05) is 101 Å². The van der Waals surface area contributed by atoms with Gasteiger partial charge in [0.05, 0.1) is 39.5 Å². The third kappa shape index (κ3) is 30.7. The van der Waals surface area contributed by atoms with Crippen LogP contribution in [0.5, 0.6) is 29.1 Å². The molecule has 10 aromatic rings. The summed E-state index contributed by atoms with van der Waals surface area (Å²) in [6.07, 6.45) is 8.25. The van der Waals surface area contributed by atoms with Gasteiger partial charge in [0.15, 0.2) is 44.8 Å². The molecular formula is C94H106BrClN10O20S2. The highest BCUT2D eigenvalue weighted by molar-refractivity contribution is 9.10. The number of rotatable bonds is 40. The third-order valence-electron chi connectivity index (χ3n) is 19.4. The number of sulfone groups is 1. The normalized spacial score (nSPS) is 12.8. The number of carboxylic acid groups (broad SMARTS) is 1. The van der Waals surface area contributed by atoms with Crippen LogP contribution in [0, 0.1) is 18.8 Å². The monoisotopic (exact) mass is 1870 g/mol. The second kappa shape index (κ2) is 46.9. The van der Waals surface area contributed by atoms with E-state index in [9.17, 15) is 60.3 Å². The molecule has 678 valence electrons. The summed E-state index contributed by atoms with van der Waals surface area (Å²) in [5, 5.41) is 19.7. The molecule has 4 atom stereocenters. The summed E-state index contributed by atoms with van der Waals surface area (Å²) in [4.78, 5) is 125. The van der Waals surface area contributed by atoms with Crippen molar-refractivity contribution in [2.75, 3.05) is 37.0 Å². The number of aliphatic carboxylic acids is 1. The van der Waals surface area contributed by atoms with E-state index in [0.717, 1.165) is 45.8 Å². The number of nitrogens with zero attached hydrogens (tertiary/aromatic N) is 5. The molecule has 1 aliphatic rings. The third-order valence-corrected chi connectivity index (χ3v) is 22.7. The van der Waals surface area contributed by atoms with Gasteiger partial charge in [0.2, 0.25) is 30.9 Å². The zero-order chi connectivity index (χ0) is 92.9. The number of ketones is 2. The van der Waals surface area contributed by atoms with Crippen LogP contribution in [-0.4, -0.2) is 144 Å². The fourth-order valence-electron chi connectivity index (χ4n) is 13.0. The molecule has 34 heteroatoms. The molecule has 6 N–H and O–H groups in total. The maximum absolute atomic E-state index is 13.7. The van der Waals surface area contributed by atoms with Gasteiger partial charge in [0, 0.05) is 64.4 Å². The highest BCUT2D eigenvalue weighted by Gasteiger charge is 2.35. The van der Waals surface area contributed by atoms with Gasteiger partial charge in [-0.2, -0.15) is 0 Å². The first kappa shape index (κ1) is 99.3. The van der Waals surface area contributed by atoms with Gasteiger partial charge in [-0.25, -0.2) is 51.8 Å². The number of hydrogen-bond acceptors (Lipinski definition) is 23. The zero-order valence-corrected chi connectivity index (χ0v) is 76.9. The first-order valence-electron chi connectivity index (χ1n) is 41.4. The lowest BCUT2D eigenvalue weighted by Gasteiger charge is -2.25. The SMILES string of the molecule is CCCCNC(=O)C[C@H](NC(=O)[C@H](CC(=O)[C@H](CC(C)C)NC(=O)OC(C)(C)C)Cc1cn(C=O)c2ccccc12)C(=O)O.CCCc1cc(C(=O)NOCc2ccccc2)ccc1OC(C(=O)CS(=O)(=O)/C=C/c1ccc(Cl)cc1)c1ccc2c(c1)OCO2.Cc1ccc(-c2c(NS(=O)(=O)c3ccc(C(C)(C)C)cc3)ncnc2OCCOc2ncc(Br)cn2)cc1. The highest BCUT2D eigenvalue weighted by atomic mass is 79.9. The molecule has 0 aliphatic carbocycles. The molecule has 4 amide bonds. The number of ether oxygens (including phenoxy) is 6. The number of fused-ring (bicyclic) bond motifs is 2. The second-order valence-corrected chi connectivity index (χ2v) is 37.4. The Morgan fingerprint density at radius 1 is 0.727 bits per heavy atom. The molecule has 30 nitrogen and oxygen atoms in total. The fourth-order valence-corrected chi connectivity index (χ4v) is 15.4. The molecule has 0 fully saturated rings. The minimum Gasteiger partial charge on any atom is -0.480 e. The van der Waals surface area contributed by atoms with Crippen LogP contribution in [0.3, 0.4) is 0 Å². The molecule has 3 aromatic heterocycles. The highest BCUT2D eigenvalue weighted by Crippen LogP contribution is 2.39. The standard InChI is InChI=1S/C35H32ClNO8S.C32H46N4O8.C27H28BrN5O4S/c1-2-6-26-19-28(35(39)37-44-21-25-7-4-3-5-8-25)12-15-31(26)45-34(27-11-16-32-33(20-27)43-23-42-32)30(38)22-46(40,41)18-17-24-9-13-29(36)14-10-24;1-7-8-13-33-28(39)17-25(30(41)42)34-29(40)21(15-22-18-36(19-37)26-12-10-9-11-23(22)26)16-27(38)24(14-20(2)3)35-31(43)44-32(4,5)6;1-18-5-7-19(8-6-18)23-24(33-38(34,35)22-11-9-20(10-12-22)27(2,3)4)31-17-32-25(23)36-13-14-37-26-29-15-21(28)16-30-26/h3-5,7-20,34H,2,6,21-23H2,1H3,(H,37,39);9-12,18-21,24-25H,7-8,13-17H2,1-6H3,(H,33,39)(H,34,40)(H,35,43)(H,41,42);5-12,15-17H,13-14H2,1-4H3,(H,31,32,33)/b18-17+;;/t;21-,24-,25-;/m.0./s1. The van der Waals surface area contributed by atoms with Crippen molar-refractivity contribution in [1.82, 2.24) is 45.9 Å². The van der Waals surface area contributed by atoms with Crippen molar-refractivity contribution in [3.05, 3.63) is 248 Å². The smallest absolute Gasteiger partial charge is 0.408 e. The quantitative estimate of drug-likeness (QED) is 0.0118. The molecule has 7 aromatic carbocycles. The number of halogens is 2. The Morgan fingerprint density at radius 3 is 2.08 bits per heavy atom. The van der Waals surface area contributed by atoms with Crippen molar-refractivity contribution in [3.63, 3.8) is 0 Å². The number of unbranched alkanes of at least 4 members (excludes halogenated alkanes) is 1. The van der Waals surface area contributed by atoms with Crippen molar-refractivity contribution in [1.29, 1.82) is 0 Å². The van der Waals surface area contributed by atoms with E-state index in [1.165, 1.54) is 17.0 Å². The summed E-state index contributed by atoms with van der Waals surface area (Å²) in [6.45, 7) is 21.9. The summed E-state index contributed by atoms with van der Waals surface area (Å²) in [5.74, 6) is -4.50. The largest absolute Gasteiger partial charge is 0.480 e. The van der Waals surface area contributed by atoms with Gasteiger partial charge in [0.25, 0.3) is 15.9 Å². The van der Waals surface area contributed by atoms with Gasteiger partial charge in [-0.15, -0.1) is 0 Å². The van der Waals surface area contributed by atoms with Crippen LogP contribution in [0.25, 0.3) is 28.1 Å². The molecule has 0 spiro atoms. The van der Waals surface area contributed by atoms with Crippen LogP contribution in [0.4, 0.5) is 10.6 Å². The molecule has 1 aliphatic heterocycles. The van der Waals surface area contributed by atoms with Gasteiger partial charge < -0.3 is 49.5 Å². The fraction of sp³-hybridized carbons (Fsp3) is 0.340. The van der Waals surface area contributed by atoms with Crippen molar-refractivity contribution < 1.29 is 93.6 Å². The first-order valence-corrected chi connectivity index (χ1v) is 45.7. The number of carboxylic acids is 1. The van der Waals surface area contributed by atoms with E-state index < -0.39 is 103 Å². The van der Waals surface area contributed by atoms with Crippen LogP contribution in [0.2, 0.25) is 5.02 Å². The summed E-state index contributed by atoms with van der Waals surface area (Å²) in [7, 11) is -7.92. The number of para-hydroxylation sites is 1. The van der Waals surface area contributed by atoms with Crippen LogP contribution < -0.4 is 49.8 Å². The topological polar surface area (TPSA) is 406 Å². The van der Waals surface area contributed by atoms with Crippen LogP contribution in [-0.2, 0) is 83.1 Å². The number of amides is 4. The average Bonchev–Trinajstić information content (AvgIpc) is 1.76. The zero-order valence-electron chi connectivity index (χ0n) is 72.9. The number of hydrogen-bond donors (Lipinski definition) is 6. The summed E-state index contributed by atoms with van der Waals surface area (Å²) in [5.41, 5.74) is 8.90. The summed E-state index contributed by atoms with van der Waals surface area (Å²) >= 11 is 9.20. The number of aryl methyl sites for hydroxylation is 2. The van der Waals surface area contributed by atoms with Crippen LogP contribution in [0.1, 0.15) is 163 Å². The van der Waals surface area contributed by atoms with E-state index in [0.29, 0.717) is 91.5 Å². The van der Waals surface area contributed by atoms with Gasteiger partial charge in [-0.3, -0.25) is 42.9 Å². The Hall–Kier alpha value is -12.4. The minimum atomic E-state index is -3.98. The van der Waals surface area contributed by atoms with Crippen molar-refractivity contribution >= 4 is 118 Å². The summed E-state index contributed by atoms with van der Waals surface area (Å²) in [6, 6.07) is 45.0. The molecule has 128 heavy (non-hydrogen) atoms. The maximum atomic E-state index is 13.7. The number of carbonyl (C=O) groups excluding carboxylic acids is 7. The summed E-state index contributed by atoms with van der Waals surface area (Å²) < 4.78 is 91.4. The number of anilines is 1. The van der Waals surface area contributed by atoms with E-state index in [4.69, 9.17) is 44.9 Å². The Bertz CT molecular complexity index is 5760. The van der Waals surface area contributed by atoms with E-state index in [1.54, 1.807) is 136 Å². The number of nitrogens with one attached hydrogen (secondary N) is 5. The molecule has 1 unspecified atom stereocenters. The van der Waals surface area contributed by atoms with Gasteiger partial charge in [-0.05, 0) is 181 Å². The van der Waals surface area contributed by atoms with E-state index >= 15 is 0 Å². The van der Waals surface area contributed by atoms with Crippen molar-refractivity contribution in [3.8, 4) is 40.3 Å². The Morgan fingerprint density at radius 2 is 1.41 bits per heavy atom. The maximum Gasteiger partial charge on any atom is 0.408 e. The number of benzene rings is 7. The molecule has 4 heterocycles. The lowest BCUT2D eigenvalue weighted by Crippen LogP contribution is -2.48. The lowest BCUT2D eigenvalue weighted by atomic mass is 9.87. The van der Waals surface area contributed by atoms with Gasteiger partial charge in [0.1, 0.15) is 42.7 Å². The van der Waals surface area contributed by atoms with Gasteiger partial charge in [-0.1, -0.05) is 182 Å². The predicted octanol–water partition coefficient (Wildman–Crippen LogP) is 15.8. The number of alkyl carbamates (subject to hydrolysis) is 1. The molecule has 11 rings (SSSR count). The Balaban J connectivity index is 0.000000218. The van der Waals surface area contributed by atoms with Crippen molar-refractivity contribution in [2.45, 2.75) is 168 Å². The average molecular weight is 1880 g/mol. The number of sulfonamides is 1. The van der Waals surface area contributed by atoms with Crippen LogP contribution >= 0.6 is 27.5 Å². The minimum absolute atomic E-state index is 0.00516. The number of hydroxylamine groups is 1. The second-order valence-electron chi connectivity index (χ2n) is 32.4. The molecule has 0 radical (unpaired) electrons. The Kier molecular flexibility index (Phi) is 36.4. The number of aromatic nitrogens is 5. The van der Waals surface area contributed by atoms with Crippen molar-refractivity contribution in [2.24, 2.45) is 11.8 Å². The molecular weight excluding hydrogens is 1770 g/mol. The van der Waals surface area contributed by atoms with Gasteiger partial charge >= 0.3 is 18.1 Å². The molecule has 0 saturated carbocycles. The Labute approximate surface area is 758 Å². The number of Topliss-reactive ketones (excluding diaryl/α,β-unsaturated/α-hetero) is 2. The first-order chi connectivity index (χ1) is 60.9. The predicted molar refractivity (Wildman–Crippen MR) is 489 cm³/mol. The molecule has 0 bridgehead atoms.